The largest absolute Gasteiger partial charge is 0.465 e. The number of amides is 1. The van der Waals surface area contributed by atoms with E-state index in [-0.39, 0.29) is 12.0 Å². The number of nitrogens with one attached hydrogen (secondary N) is 1. The van der Waals surface area contributed by atoms with Crippen LogP contribution in [0.2, 0.25) is 0 Å². The molecule has 2 aliphatic rings. The van der Waals surface area contributed by atoms with Gasteiger partial charge in [0.1, 0.15) is 6.10 Å². The SMILES string of the molecule is O=COC(CCCN=C1CCCCC1)CCCC1CNC(=O)C1. The Kier molecular flexibility index (Phi) is 8.12. The zero-order chi connectivity index (χ0) is 16.3. The molecule has 0 radical (unpaired) electrons. The Morgan fingerprint density at radius 1 is 1.22 bits per heavy atom. The van der Waals surface area contributed by atoms with Gasteiger partial charge in [0.15, 0.2) is 0 Å². The minimum Gasteiger partial charge on any atom is -0.465 e. The summed E-state index contributed by atoms with van der Waals surface area (Å²) < 4.78 is 5.21. The summed E-state index contributed by atoms with van der Waals surface area (Å²) in [7, 11) is 0. The van der Waals surface area contributed by atoms with Crippen LogP contribution in [0, 0.1) is 5.92 Å². The Morgan fingerprint density at radius 2 is 2.00 bits per heavy atom. The van der Waals surface area contributed by atoms with Crippen LogP contribution in [-0.2, 0) is 14.3 Å². The molecule has 1 aliphatic heterocycles. The van der Waals surface area contributed by atoms with Crippen molar-refractivity contribution in [2.24, 2.45) is 10.9 Å². The average Bonchev–Trinajstić information content (AvgIpc) is 2.98. The van der Waals surface area contributed by atoms with Gasteiger partial charge >= 0.3 is 0 Å². The van der Waals surface area contributed by atoms with Crippen LogP contribution >= 0.6 is 0 Å². The normalized spacial score (nSPS) is 22.5. The smallest absolute Gasteiger partial charge is 0.293 e. The zero-order valence-corrected chi connectivity index (χ0v) is 14.1. The predicted octanol–water partition coefficient (Wildman–Crippen LogP) is 3.02. The summed E-state index contributed by atoms with van der Waals surface area (Å²) in [5.74, 6) is 0.620. The fourth-order valence-electron chi connectivity index (χ4n) is 3.54. The Bertz CT molecular complexity index is 401. The summed E-state index contributed by atoms with van der Waals surface area (Å²) in [5.41, 5.74) is 1.38. The highest BCUT2D eigenvalue weighted by molar-refractivity contribution is 5.84. The van der Waals surface area contributed by atoms with Gasteiger partial charge < -0.3 is 10.1 Å². The molecular formula is C18H30N2O3. The number of carbonyl (C=O) groups is 2. The minimum atomic E-state index is 0.00381. The monoisotopic (exact) mass is 322 g/mol. The first kappa shape index (κ1) is 18.0. The maximum Gasteiger partial charge on any atom is 0.293 e. The topological polar surface area (TPSA) is 67.8 Å². The van der Waals surface area contributed by atoms with Crippen molar-refractivity contribution in [1.29, 1.82) is 0 Å². The molecule has 2 atom stereocenters. The number of nitrogens with zero attached hydrogens (tertiary/aromatic N) is 1. The van der Waals surface area contributed by atoms with Gasteiger partial charge in [-0.05, 0) is 63.7 Å². The summed E-state index contributed by atoms with van der Waals surface area (Å²) in [6.45, 7) is 2.23. The van der Waals surface area contributed by atoms with E-state index in [9.17, 15) is 9.59 Å². The fraction of sp³-hybridized carbons (Fsp3) is 0.833. The van der Waals surface area contributed by atoms with E-state index in [0.29, 0.717) is 18.8 Å². The van der Waals surface area contributed by atoms with Crippen molar-refractivity contribution in [3.05, 3.63) is 0 Å². The van der Waals surface area contributed by atoms with Gasteiger partial charge in [0.05, 0.1) is 0 Å². The molecule has 0 aromatic rings. The van der Waals surface area contributed by atoms with Gasteiger partial charge in [-0.15, -0.1) is 0 Å². The molecular weight excluding hydrogens is 292 g/mol. The second kappa shape index (κ2) is 10.4. The summed E-state index contributed by atoms with van der Waals surface area (Å²) in [6, 6.07) is 0. The van der Waals surface area contributed by atoms with Gasteiger partial charge in [0.25, 0.3) is 6.47 Å². The molecule has 2 fully saturated rings. The first-order chi connectivity index (χ1) is 11.3. The lowest BCUT2D eigenvalue weighted by molar-refractivity contribution is -0.134. The third-order valence-electron chi connectivity index (χ3n) is 4.90. The van der Waals surface area contributed by atoms with Crippen LogP contribution in [0.1, 0.15) is 70.6 Å². The molecule has 1 heterocycles. The van der Waals surface area contributed by atoms with E-state index in [4.69, 9.17) is 9.73 Å². The molecule has 1 saturated heterocycles. The quantitative estimate of drug-likeness (QED) is 0.496. The highest BCUT2D eigenvalue weighted by Crippen LogP contribution is 2.19. The molecule has 5 nitrogen and oxygen atoms in total. The number of ether oxygens (including phenoxy) is 1. The van der Waals surface area contributed by atoms with Gasteiger partial charge in [-0.1, -0.05) is 6.42 Å². The van der Waals surface area contributed by atoms with E-state index in [1.165, 1.54) is 37.8 Å². The molecule has 0 aromatic carbocycles. The number of hydrogen-bond donors (Lipinski definition) is 1. The van der Waals surface area contributed by atoms with Crippen LogP contribution in [-0.4, -0.2) is 37.3 Å². The third kappa shape index (κ3) is 7.14. The van der Waals surface area contributed by atoms with E-state index in [0.717, 1.165) is 45.2 Å². The molecule has 1 saturated carbocycles. The predicted molar refractivity (Wildman–Crippen MR) is 90.5 cm³/mol. The van der Waals surface area contributed by atoms with Gasteiger partial charge in [0.2, 0.25) is 5.91 Å². The Morgan fingerprint density at radius 3 is 2.70 bits per heavy atom. The van der Waals surface area contributed by atoms with Crippen molar-refractivity contribution in [2.45, 2.75) is 76.7 Å². The molecule has 23 heavy (non-hydrogen) atoms. The van der Waals surface area contributed by atoms with Crippen molar-refractivity contribution >= 4 is 18.1 Å². The van der Waals surface area contributed by atoms with E-state index in [1.54, 1.807) is 0 Å². The molecule has 5 heteroatoms. The maximum absolute atomic E-state index is 11.2. The molecule has 1 aliphatic carbocycles. The van der Waals surface area contributed by atoms with Crippen LogP contribution in [0.5, 0.6) is 0 Å². The Hall–Kier alpha value is -1.39. The zero-order valence-electron chi connectivity index (χ0n) is 14.1. The Labute approximate surface area is 139 Å². The van der Waals surface area contributed by atoms with Gasteiger partial charge in [-0.25, -0.2) is 0 Å². The molecule has 2 rings (SSSR count). The highest BCUT2D eigenvalue weighted by atomic mass is 16.5. The second-order valence-corrected chi connectivity index (χ2v) is 6.81. The van der Waals surface area contributed by atoms with Crippen LogP contribution in [0.3, 0.4) is 0 Å². The van der Waals surface area contributed by atoms with Crippen LogP contribution in [0.25, 0.3) is 0 Å². The van der Waals surface area contributed by atoms with Crippen molar-refractivity contribution < 1.29 is 14.3 Å². The maximum atomic E-state index is 11.2. The molecule has 0 bridgehead atoms. The number of carbonyl (C=O) groups excluding carboxylic acids is 2. The molecule has 2 unspecified atom stereocenters. The lowest BCUT2D eigenvalue weighted by Crippen LogP contribution is -2.15. The summed E-state index contributed by atoms with van der Waals surface area (Å²) >= 11 is 0. The van der Waals surface area contributed by atoms with Crippen LogP contribution in [0.4, 0.5) is 0 Å². The summed E-state index contributed by atoms with van der Waals surface area (Å²) in [4.78, 5) is 26.5. The summed E-state index contributed by atoms with van der Waals surface area (Å²) in [6.07, 6.45) is 11.7. The van der Waals surface area contributed by atoms with E-state index in [2.05, 4.69) is 5.32 Å². The standard InChI is InChI=1S/C18H30N2O3/c21-14-23-17(9-4-6-15-12-18(22)20-13-15)10-5-11-19-16-7-2-1-3-8-16/h14-15,17H,1-13H2,(H,20,22). The number of aliphatic imine (C=N–C) groups is 1. The molecule has 130 valence electrons. The van der Waals surface area contributed by atoms with Crippen LogP contribution < -0.4 is 5.32 Å². The number of hydrogen-bond acceptors (Lipinski definition) is 4. The van der Waals surface area contributed by atoms with Crippen molar-refractivity contribution in [3.63, 3.8) is 0 Å². The lowest BCUT2D eigenvalue weighted by atomic mass is 9.98. The molecule has 1 amide bonds. The van der Waals surface area contributed by atoms with Gasteiger partial charge in [0, 0.05) is 25.2 Å². The number of rotatable bonds is 10. The molecule has 0 spiro atoms. The highest BCUT2D eigenvalue weighted by Gasteiger charge is 2.21. The first-order valence-corrected chi connectivity index (χ1v) is 9.16. The third-order valence-corrected chi connectivity index (χ3v) is 4.90. The molecule has 0 aromatic heterocycles. The fourth-order valence-corrected chi connectivity index (χ4v) is 3.54. The second-order valence-electron chi connectivity index (χ2n) is 6.81. The average molecular weight is 322 g/mol. The first-order valence-electron chi connectivity index (χ1n) is 9.16. The van der Waals surface area contributed by atoms with E-state index in [1.807, 2.05) is 0 Å². The molecule has 1 N–H and O–H groups in total. The summed E-state index contributed by atoms with van der Waals surface area (Å²) in [5, 5.41) is 2.86. The van der Waals surface area contributed by atoms with Gasteiger partial charge in [-0.3, -0.25) is 14.6 Å². The van der Waals surface area contributed by atoms with Crippen molar-refractivity contribution in [1.82, 2.24) is 5.32 Å². The minimum absolute atomic E-state index is 0.00381. The van der Waals surface area contributed by atoms with E-state index >= 15 is 0 Å². The van der Waals surface area contributed by atoms with E-state index < -0.39 is 0 Å². The van der Waals surface area contributed by atoms with Crippen molar-refractivity contribution in [3.8, 4) is 0 Å². The Balaban J connectivity index is 1.58. The van der Waals surface area contributed by atoms with Gasteiger partial charge in [-0.2, -0.15) is 0 Å². The lowest BCUT2D eigenvalue weighted by Gasteiger charge is -2.16. The van der Waals surface area contributed by atoms with Crippen LogP contribution in [0.15, 0.2) is 4.99 Å². The van der Waals surface area contributed by atoms with Crippen molar-refractivity contribution in [2.75, 3.05) is 13.1 Å².